The molecule has 0 radical (unpaired) electrons. The van der Waals surface area contributed by atoms with Crippen LogP contribution in [0, 0.1) is 5.92 Å². The van der Waals surface area contributed by atoms with Crippen LogP contribution in [0.1, 0.15) is 75.9 Å². The molecule has 3 aromatic rings. The number of aldehydes is 1. The first-order valence-corrected chi connectivity index (χ1v) is 15.6. The van der Waals surface area contributed by atoms with E-state index in [0.717, 1.165) is 41.6 Å². The molecule has 4 aliphatic rings. The summed E-state index contributed by atoms with van der Waals surface area (Å²) in [5.74, 6) is 0.372. The van der Waals surface area contributed by atoms with Crippen molar-refractivity contribution in [2.75, 3.05) is 19.6 Å². The summed E-state index contributed by atoms with van der Waals surface area (Å²) in [7, 11) is 0. The quantitative estimate of drug-likeness (QED) is 0.337. The maximum absolute atomic E-state index is 13.4. The molecule has 7 heteroatoms. The van der Waals surface area contributed by atoms with Gasteiger partial charge in [-0.25, -0.2) is 0 Å². The topological polar surface area (TPSA) is 107 Å². The Labute approximate surface area is 251 Å². The van der Waals surface area contributed by atoms with Gasteiger partial charge in [-0.3, -0.25) is 19.3 Å². The highest BCUT2D eigenvalue weighted by atomic mass is 16.3. The number of nitrogens with zero attached hydrogens (tertiary/aromatic N) is 1. The molecule has 2 saturated carbocycles. The minimum Gasteiger partial charge on any atom is -0.507 e. The van der Waals surface area contributed by atoms with E-state index in [1.807, 2.05) is 42.5 Å². The Morgan fingerprint density at radius 2 is 1.72 bits per heavy atom. The molecular formula is C36H38N2O5. The van der Waals surface area contributed by atoms with Crippen LogP contribution in [-0.4, -0.2) is 64.4 Å². The zero-order valence-corrected chi connectivity index (χ0v) is 24.4. The zero-order valence-electron chi connectivity index (χ0n) is 24.4. The Bertz CT molecular complexity index is 1580. The van der Waals surface area contributed by atoms with Crippen molar-refractivity contribution in [1.29, 1.82) is 0 Å². The van der Waals surface area contributed by atoms with Gasteiger partial charge in [-0.05, 0) is 79.3 Å². The molecular weight excluding hydrogens is 540 g/mol. The predicted molar refractivity (Wildman–Crippen MR) is 163 cm³/mol. The number of nitrogens with one attached hydrogen (secondary N) is 1. The molecule has 3 aliphatic carbocycles. The third-order valence-electron chi connectivity index (χ3n) is 10.6. The van der Waals surface area contributed by atoms with E-state index in [9.17, 15) is 24.6 Å². The van der Waals surface area contributed by atoms with Crippen molar-refractivity contribution in [2.24, 2.45) is 5.92 Å². The number of carbonyl (C=O) groups is 3. The lowest BCUT2D eigenvalue weighted by Gasteiger charge is -2.63. The fourth-order valence-electron chi connectivity index (χ4n) is 8.07. The number of aromatic hydroxyl groups is 1. The molecule has 7 nitrogen and oxygen atoms in total. The molecule has 1 heterocycles. The lowest BCUT2D eigenvalue weighted by Crippen LogP contribution is -2.73. The third-order valence-corrected chi connectivity index (χ3v) is 10.6. The summed E-state index contributed by atoms with van der Waals surface area (Å²) in [5, 5.41) is 27.0. The number of phenolic OH excluding ortho intramolecular Hbond substituents is 1. The van der Waals surface area contributed by atoms with Gasteiger partial charge < -0.3 is 15.5 Å². The van der Waals surface area contributed by atoms with Gasteiger partial charge in [0.2, 0.25) is 0 Å². The highest BCUT2D eigenvalue weighted by Gasteiger charge is 2.65. The van der Waals surface area contributed by atoms with Gasteiger partial charge in [0.15, 0.2) is 0 Å². The van der Waals surface area contributed by atoms with Crippen LogP contribution in [0.3, 0.4) is 0 Å². The molecule has 1 amide bonds. The summed E-state index contributed by atoms with van der Waals surface area (Å²) < 4.78 is 0. The number of benzene rings is 3. The maximum Gasteiger partial charge on any atom is 0.255 e. The second kappa shape index (κ2) is 10.7. The van der Waals surface area contributed by atoms with Crippen molar-refractivity contribution in [1.82, 2.24) is 10.2 Å². The van der Waals surface area contributed by atoms with E-state index in [1.54, 1.807) is 18.2 Å². The number of carbonyl (C=O) groups excluding carboxylic acids is 3. The zero-order chi connectivity index (χ0) is 29.8. The summed E-state index contributed by atoms with van der Waals surface area (Å²) in [5.41, 5.74) is 3.58. The predicted octanol–water partition coefficient (Wildman–Crippen LogP) is 4.61. The summed E-state index contributed by atoms with van der Waals surface area (Å²) in [6.45, 7) is 2.17. The molecule has 3 atom stereocenters. The number of aliphatic hydroxyl groups is 1. The van der Waals surface area contributed by atoms with Crippen LogP contribution in [0.4, 0.5) is 0 Å². The Hall–Kier alpha value is -3.81. The molecule has 1 saturated heterocycles. The molecule has 7 rings (SSSR count). The fourth-order valence-corrected chi connectivity index (χ4v) is 8.07. The normalized spacial score (nSPS) is 26.3. The van der Waals surface area contributed by atoms with Crippen LogP contribution < -0.4 is 5.32 Å². The van der Waals surface area contributed by atoms with Crippen molar-refractivity contribution in [3.8, 4) is 16.9 Å². The Balaban J connectivity index is 1.08. The highest BCUT2D eigenvalue weighted by Crippen LogP contribution is 2.60. The number of hydrogen-bond acceptors (Lipinski definition) is 6. The minimum atomic E-state index is -1.10. The average Bonchev–Trinajstić information content (AvgIpc) is 3.83. The number of fused-ring (bicyclic) bond motifs is 1. The second-order valence-corrected chi connectivity index (χ2v) is 13.1. The number of piperidine rings is 1. The number of phenols is 1. The minimum absolute atomic E-state index is 0.0800. The van der Waals surface area contributed by atoms with Crippen LogP contribution >= 0.6 is 0 Å². The largest absolute Gasteiger partial charge is 0.507 e. The standard InChI is InChI=1S/C36H38N2O5/c39-22-25-5-9-27(10-6-25)26-7-3-23(4-8-26)14-17-37-34(42)30-12-11-28-19-31-36(43)15-13-29(40)20-35(36,32(28)33(30)41)16-18-38(31)21-24-1-2-24/h3-12,22,24,31,41,43H,1-2,13-21H2,(H,37,42)/t31?,35-,36-/m1/s1. The number of ketones is 1. The summed E-state index contributed by atoms with van der Waals surface area (Å²) in [6, 6.07) is 19.1. The van der Waals surface area contributed by atoms with E-state index in [-0.39, 0.29) is 35.5 Å². The van der Waals surface area contributed by atoms with Crippen LogP contribution in [-0.2, 0) is 23.1 Å². The van der Waals surface area contributed by atoms with E-state index in [2.05, 4.69) is 10.2 Å². The first-order valence-electron chi connectivity index (χ1n) is 15.6. The molecule has 43 heavy (non-hydrogen) atoms. The van der Waals surface area contributed by atoms with Crippen LogP contribution in [0.5, 0.6) is 5.75 Å². The Morgan fingerprint density at radius 3 is 2.42 bits per heavy atom. The van der Waals surface area contributed by atoms with Gasteiger partial charge in [-0.1, -0.05) is 54.6 Å². The maximum atomic E-state index is 13.4. The summed E-state index contributed by atoms with van der Waals surface area (Å²) >= 11 is 0. The first-order chi connectivity index (χ1) is 20.8. The highest BCUT2D eigenvalue weighted by molar-refractivity contribution is 5.98. The van der Waals surface area contributed by atoms with Gasteiger partial charge in [0.1, 0.15) is 17.8 Å². The monoisotopic (exact) mass is 578 g/mol. The molecule has 3 N–H and O–H groups in total. The summed E-state index contributed by atoms with van der Waals surface area (Å²) in [6.07, 6.45) is 6.11. The number of Topliss-reactive ketones (excluding diaryl/α,β-unsaturated/α-hetero) is 1. The van der Waals surface area contributed by atoms with Crippen molar-refractivity contribution in [2.45, 2.75) is 68.4 Å². The molecule has 1 aliphatic heterocycles. The lowest BCUT2D eigenvalue weighted by atomic mass is 9.49. The average molecular weight is 579 g/mol. The number of hydrogen-bond donors (Lipinski definition) is 3. The Kier molecular flexibility index (Phi) is 6.98. The number of likely N-dealkylation sites (tertiary alicyclic amines) is 1. The number of rotatable bonds is 8. The van der Waals surface area contributed by atoms with E-state index < -0.39 is 11.0 Å². The van der Waals surface area contributed by atoms with Crippen molar-refractivity contribution in [3.63, 3.8) is 0 Å². The van der Waals surface area contributed by atoms with E-state index in [0.29, 0.717) is 55.7 Å². The molecule has 222 valence electrons. The SMILES string of the molecule is O=Cc1ccc(-c2ccc(CCNC(=O)c3ccc4c(c3O)[C@]35CCN(CC6CC6)C(C4)[C@]3(O)CCC(=O)C5)cc2)cc1. The van der Waals surface area contributed by atoms with Crippen molar-refractivity contribution in [3.05, 3.63) is 88.5 Å². The van der Waals surface area contributed by atoms with E-state index in [4.69, 9.17) is 0 Å². The third kappa shape index (κ3) is 4.79. The van der Waals surface area contributed by atoms with Crippen LogP contribution in [0.2, 0.25) is 0 Å². The first kappa shape index (κ1) is 28.0. The molecule has 1 unspecified atom stereocenters. The van der Waals surface area contributed by atoms with Gasteiger partial charge in [0, 0.05) is 48.5 Å². The lowest BCUT2D eigenvalue weighted by molar-refractivity contribution is -0.173. The van der Waals surface area contributed by atoms with Gasteiger partial charge in [-0.2, -0.15) is 0 Å². The van der Waals surface area contributed by atoms with Gasteiger partial charge in [-0.15, -0.1) is 0 Å². The van der Waals surface area contributed by atoms with Gasteiger partial charge >= 0.3 is 0 Å². The molecule has 3 fully saturated rings. The smallest absolute Gasteiger partial charge is 0.255 e. The van der Waals surface area contributed by atoms with Gasteiger partial charge in [0.05, 0.1) is 11.2 Å². The summed E-state index contributed by atoms with van der Waals surface area (Å²) in [4.78, 5) is 39.6. The molecule has 3 aromatic carbocycles. The molecule has 0 aromatic heterocycles. The van der Waals surface area contributed by atoms with Crippen LogP contribution in [0.25, 0.3) is 11.1 Å². The molecule has 2 bridgehead atoms. The van der Waals surface area contributed by atoms with Crippen LogP contribution in [0.15, 0.2) is 60.7 Å². The van der Waals surface area contributed by atoms with E-state index >= 15 is 0 Å². The van der Waals surface area contributed by atoms with Gasteiger partial charge in [0.25, 0.3) is 5.91 Å². The molecule has 0 spiro atoms. The van der Waals surface area contributed by atoms with Crippen molar-refractivity contribution >= 4 is 18.0 Å². The Morgan fingerprint density at radius 1 is 1.00 bits per heavy atom. The van der Waals surface area contributed by atoms with Crippen molar-refractivity contribution < 1.29 is 24.6 Å². The van der Waals surface area contributed by atoms with E-state index in [1.165, 1.54) is 12.8 Å². The number of amides is 1. The fraction of sp³-hybridized carbons (Fsp3) is 0.417. The second-order valence-electron chi connectivity index (χ2n) is 13.1.